The molecular weight excluding hydrogens is 204 g/mol. The van der Waals surface area contributed by atoms with Gasteiger partial charge in [-0.05, 0) is 30.2 Å². The van der Waals surface area contributed by atoms with Crippen LogP contribution in [0.1, 0.15) is 19.3 Å². The van der Waals surface area contributed by atoms with E-state index in [-0.39, 0.29) is 0 Å². The summed E-state index contributed by atoms with van der Waals surface area (Å²) in [5, 5.41) is 2.11. The van der Waals surface area contributed by atoms with Crippen molar-refractivity contribution in [1.82, 2.24) is 9.55 Å². The fourth-order valence-electron chi connectivity index (χ4n) is 2.04. The molecule has 1 aliphatic rings. The predicted octanol–water partition coefficient (Wildman–Crippen LogP) is 3.41. The van der Waals surface area contributed by atoms with E-state index in [0.29, 0.717) is 0 Å². The first-order valence-corrected chi connectivity index (χ1v) is 6.36. The minimum Gasteiger partial charge on any atom is -0.330 e. The van der Waals surface area contributed by atoms with Crippen LogP contribution in [-0.4, -0.2) is 9.55 Å². The molecule has 0 unspecified atom stereocenters. The maximum absolute atomic E-state index is 4.44. The van der Waals surface area contributed by atoms with Gasteiger partial charge in [-0.25, -0.2) is 4.98 Å². The average molecular weight is 218 g/mol. The maximum Gasteiger partial charge on any atom is 0.149 e. The highest BCUT2D eigenvalue weighted by Crippen LogP contribution is 2.30. The number of thiophene rings is 1. The second-order valence-electron chi connectivity index (χ2n) is 4.18. The third kappa shape index (κ3) is 1.72. The van der Waals surface area contributed by atoms with Crippen molar-refractivity contribution in [2.45, 2.75) is 25.8 Å². The maximum atomic E-state index is 4.44. The van der Waals surface area contributed by atoms with Crippen molar-refractivity contribution in [2.24, 2.45) is 5.92 Å². The van der Waals surface area contributed by atoms with Crippen LogP contribution in [0.2, 0.25) is 0 Å². The summed E-state index contributed by atoms with van der Waals surface area (Å²) in [4.78, 5) is 5.72. The van der Waals surface area contributed by atoms with Crippen LogP contribution < -0.4 is 0 Å². The van der Waals surface area contributed by atoms with Gasteiger partial charge in [-0.2, -0.15) is 0 Å². The van der Waals surface area contributed by atoms with Crippen LogP contribution in [0.15, 0.2) is 29.9 Å². The van der Waals surface area contributed by atoms with Gasteiger partial charge >= 0.3 is 0 Å². The van der Waals surface area contributed by atoms with E-state index in [2.05, 4.69) is 33.3 Å². The lowest BCUT2D eigenvalue weighted by atomic mass is 9.85. The molecule has 2 heterocycles. The molecule has 1 saturated carbocycles. The molecule has 0 amide bonds. The normalized spacial score (nSPS) is 16.5. The highest BCUT2D eigenvalue weighted by Gasteiger charge is 2.19. The summed E-state index contributed by atoms with van der Waals surface area (Å²) in [6.07, 6.45) is 8.21. The zero-order chi connectivity index (χ0) is 10.1. The van der Waals surface area contributed by atoms with Gasteiger partial charge in [-0.3, -0.25) is 0 Å². The zero-order valence-electron chi connectivity index (χ0n) is 8.60. The van der Waals surface area contributed by atoms with E-state index in [1.807, 2.05) is 6.20 Å². The van der Waals surface area contributed by atoms with Crippen LogP contribution in [0.4, 0.5) is 0 Å². The van der Waals surface area contributed by atoms with Gasteiger partial charge in [0.25, 0.3) is 0 Å². The Morgan fingerprint density at radius 3 is 3.07 bits per heavy atom. The number of nitrogens with zero attached hydrogens (tertiary/aromatic N) is 2. The van der Waals surface area contributed by atoms with Crippen molar-refractivity contribution < 1.29 is 0 Å². The quantitative estimate of drug-likeness (QED) is 0.772. The molecule has 1 aliphatic carbocycles. The molecule has 0 aliphatic heterocycles. The van der Waals surface area contributed by atoms with Crippen LogP contribution >= 0.6 is 11.3 Å². The average Bonchev–Trinajstić information content (AvgIpc) is 2.81. The van der Waals surface area contributed by atoms with Crippen LogP contribution in [0, 0.1) is 5.92 Å². The Labute approximate surface area is 93.6 Å². The molecule has 2 nitrogen and oxygen atoms in total. The Hall–Kier alpha value is -1.09. The molecule has 0 aromatic carbocycles. The summed E-state index contributed by atoms with van der Waals surface area (Å²) < 4.78 is 2.30. The summed E-state index contributed by atoms with van der Waals surface area (Å²) in [7, 11) is 0. The van der Waals surface area contributed by atoms with Gasteiger partial charge in [-0.15, -0.1) is 11.3 Å². The largest absolute Gasteiger partial charge is 0.330 e. The fourth-order valence-corrected chi connectivity index (χ4v) is 2.78. The lowest BCUT2D eigenvalue weighted by Gasteiger charge is -2.26. The lowest BCUT2D eigenvalue weighted by Crippen LogP contribution is -2.18. The van der Waals surface area contributed by atoms with Crippen LogP contribution in [0.3, 0.4) is 0 Å². The third-order valence-corrected chi connectivity index (χ3v) is 4.00. The minimum absolute atomic E-state index is 0.887. The third-order valence-electron chi connectivity index (χ3n) is 3.14. The van der Waals surface area contributed by atoms with Crippen molar-refractivity contribution in [3.05, 3.63) is 29.9 Å². The predicted molar refractivity (Wildman–Crippen MR) is 62.9 cm³/mol. The number of hydrogen-bond acceptors (Lipinski definition) is 2. The molecule has 0 bridgehead atoms. The van der Waals surface area contributed by atoms with Crippen molar-refractivity contribution in [1.29, 1.82) is 0 Å². The van der Waals surface area contributed by atoms with E-state index in [4.69, 9.17) is 0 Å². The van der Waals surface area contributed by atoms with Gasteiger partial charge in [0.15, 0.2) is 0 Å². The molecule has 0 spiro atoms. The van der Waals surface area contributed by atoms with E-state index < -0.39 is 0 Å². The molecule has 0 N–H and O–H groups in total. The molecule has 0 radical (unpaired) electrons. The van der Waals surface area contributed by atoms with Crippen molar-refractivity contribution in [3.8, 4) is 10.7 Å². The van der Waals surface area contributed by atoms with Crippen LogP contribution in [0.5, 0.6) is 0 Å². The number of aromatic nitrogens is 2. The standard InChI is InChI=1S/C12H14N2S/c1-3-10(4-1)9-14-7-6-13-12(14)11-5-2-8-15-11/h2,5-8,10H,1,3-4,9H2. The minimum atomic E-state index is 0.887. The van der Waals surface area contributed by atoms with Crippen molar-refractivity contribution >= 4 is 11.3 Å². The topological polar surface area (TPSA) is 17.8 Å². The molecule has 3 heteroatoms. The molecule has 2 aromatic heterocycles. The van der Waals surface area contributed by atoms with E-state index in [0.717, 1.165) is 18.3 Å². The molecule has 3 rings (SSSR count). The van der Waals surface area contributed by atoms with Gasteiger partial charge in [-0.1, -0.05) is 12.5 Å². The Morgan fingerprint density at radius 1 is 1.47 bits per heavy atom. The molecule has 0 atom stereocenters. The van der Waals surface area contributed by atoms with Gasteiger partial charge < -0.3 is 4.57 Å². The second-order valence-corrected chi connectivity index (χ2v) is 5.13. The summed E-state index contributed by atoms with van der Waals surface area (Å²) in [5.41, 5.74) is 0. The summed E-state index contributed by atoms with van der Waals surface area (Å²) >= 11 is 1.76. The van der Waals surface area contributed by atoms with Gasteiger partial charge in [0.1, 0.15) is 5.82 Å². The summed E-state index contributed by atoms with van der Waals surface area (Å²) in [6, 6.07) is 4.23. The smallest absolute Gasteiger partial charge is 0.149 e. The van der Waals surface area contributed by atoms with Gasteiger partial charge in [0, 0.05) is 18.9 Å². The SMILES string of the molecule is c1csc(-c2nccn2CC2CCC2)c1. The van der Waals surface area contributed by atoms with E-state index in [1.54, 1.807) is 11.3 Å². The van der Waals surface area contributed by atoms with Crippen LogP contribution in [0.25, 0.3) is 10.7 Å². The molecule has 1 fully saturated rings. The highest BCUT2D eigenvalue weighted by molar-refractivity contribution is 7.13. The monoisotopic (exact) mass is 218 g/mol. The Balaban J connectivity index is 1.85. The van der Waals surface area contributed by atoms with Crippen molar-refractivity contribution in [3.63, 3.8) is 0 Å². The fraction of sp³-hybridized carbons (Fsp3) is 0.417. The highest BCUT2D eigenvalue weighted by atomic mass is 32.1. The van der Waals surface area contributed by atoms with E-state index in [1.165, 1.54) is 24.1 Å². The second kappa shape index (κ2) is 3.81. The van der Waals surface area contributed by atoms with Crippen molar-refractivity contribution in [2.75, 3.05) is 0 Å². The Bertz CT molecular complexity index is 426. The number of hydrogen-bond donors (Lipinski definition) is 0. The zero-order valence-corrected chi connectivity index (χ0v) is 9.41. The van der Waals surface area contributed by atoms with E-state index >= 15 is 0 Å². The Morgan fingerprint density at radius 2 is 2.40 bits per heavy atom. The first-order valence-electron chi connectivity index (χ1n) is 5.48. The molecule has 0 saturated heterocycles. The van der Waals surface area contributed by atoms with Gasteiger partial charge in [0.2, 0.25) is 0 Å². The summed E-state index contributed by atoms with van der Waals surface area (Å²) in [5.74, 6) is 2.02. The molecule has 2 aromatic rings. The number of imidazole rings is 1. The molecule has 15 heavy (non-hydrogen) atoms. The lowest BCUT2D eigenvalue weighted by molar-refractivity contribution is 0.278. The first-order chi connectivity index (χ1) is 7.43. The van der Waals surface area contributed by atoms with Gasteiger partial charge in [0.05, 0.1) is 4.88 Å². The Kier molecular flexibility index (Phi) is 2.33. The molecular formula is C12H14N2S. The van der Waals surface area contributed by atoms with Crippen LogP contribution in [-0.2, 0) is 6.54 Å². The first kappa shape index (κ1) is 9.16. The van der Waals surface area contributed by atoms with E-state index in [9.17, 15) is 0 Å². The summed E-state index contributed by atoms with van der Waals surface area (Å²) in [6.45, 7) is 1.15. The number of rotatable bonds is 3. The molecule has 78 valence electrons.